The summed E-state index contributed by atoms with van der Waals surface area (Å²) >= 11 is 18.0. The molecule has 0 aliphatic carbocycles. The first kappa shape index (κ1) is 21.1. The van der Waals surface area contributed by atoms with E-state index in [0.717, 1.165) is 0 Å². The highest BCUT2D eigenvalue weighted by Crippen LogP contribution is 2.26. The van der Waals surface area contributed by atoms with E-state index in [9.17, 15) is 9.90 Å². The van der Waals surface area contributed by atoms with E-state index in [1.807, 2.05) is 0 Å². The molecular weight excluding hydrogens is 461 g/mol. The number of anilines is 2. The van der Waals surface area contributed by atoms with E-state index in [1.165, 1.54) is 18.2 Å². The standard InChI is InChI=1S/C22H14Cl3N3O3/c23-13-2-5-15(6-3-13)27-28-22-17(9-12-1-7-16(29)11-20(12)31-22)21(30)26-19-8-4-14(24)10-18(19)25/h1-11,27,29H,(H,26,30). The number of nitrogens with zero attached hydrogens (tertiary/aromatic N) is 1. The third kappa shape index (κ3) is 4.94. The Bertz CT molecular complexity index is 1350. The van der Waals surface area contributed by atoms with Gasteiger partial charge in [-0.3, -0.25) is 10.2 Å². The minimum Gasteiger partial charge on any atom is -0.508 e. The molecule has 9 heteroatoms. The highest BCUT2D eigenvalue weighted by Gasteiger charge is 2.15. The minimum absolute atomic E-state index is 0.00985. The largest absolute Gasteiger partial charge is 0.508 e. The maximum Gasteiger partial charge on any atom is 0.261 e. The highest BCUT2D eigenvalue weighted by molar-refractivity contribution is 6.36. The number of halogens is 3. The quantitative estimate of drug-likeness (QED) is 0.304. The number of hydrogen-bond donors (Lipinski definition) is 3. The molecule has 156 valence electrons. The summed E-state index contributed by atoms with van der Waals surface area (Å²) < 4.78 is 5.80. The highest BCUT2D eigenvalue weighted by atomic mass is 35.5. The molecule has 0 aliphatic heterocycles. The maximum atomic E-state index is 13.0. The van der Waals surface area contributed by atoms with Crippen LogP contribution < -0.4 is 16.3 Å². The molecule has 1 aromatic heterocycles. The molecule has 1 heterocycles. The number of aromatic hydroxyl groups is 1. The fourth-order valence-electron chi connectivity index (χ4n) is 2.77. The topological polar surface area (TPSA) is 86.9 Å². The van der Waals surface area contributed by atoms with Crippen molar-refractivity contribution < 1.29 is 14.3 Å². The molecule has 0 aliphatic rings. The second-order valence-corrected chi connectivity index (χ2v) is 7.78. The molecule has 6 nitrogen and oxygen atoms in total. The molecule has 4 rings (SSSR count). The Balaban J connectivity index is 1.76. The van der Waals surface area contributed by atoms with E-state index in [2.05, 4.69) is 15.8 Å². The number of carbonyl (C=O) groups excluding carboxylic acids is 1. The molecule has 0 atom stereocenters. The van der Waals surface area contributed by atoms with Gasteiger partial charge >= 0.3 is 0 Å². The molecule has 1 amide bonds. The van der Waals surface area contributed by atoms with Gasteiger partial charge in [0.2, 0.25) is 5.55 Å². The third-order valence-electron chi connectivity index (χ3n) is 4.29. The minimum atomic E-state index is -0.486. The molecule has 0 saturated heterocycles. The van der Waals surface area contributed by atoms with Crippen molar-refractivity contribution in [3.63, 3.8) is 0 Å². The molecule has 3 aromatic carbocycles. The van der Waals surface area contributed by atoms with Crippen molar-refractivity contribution in [3.8, 4) is 5.75 Å². The molecule has 0 fully saturated rings. The van der Waals surface area contributed by atoms with Crippen molar-refractivity contribution in [3.05, 3.63) is 92.9 Å². The van der Waals surface area contributed by atoms with E-state index in [1.54, 1.807) is 48.5 Å². The molecule has 0 saturated carbocycles. The van der Waals surface area contributed by atoms with Gasteiger partial charge in [0.05, 0.1) is 16.4 Å². The zero-order chi connectivity index (χ0) is 22.0. The molecule has 0 unspecified atom stereocenters. The van der Waals surface area contributed by atoms with Crippen LogP contribution in [0.4, 0.5) is 11.4 Å². The lowest BCUT2D eigenvalue weighted by molar-refractivity contribution is 0.102. The number of rotatable bonds is 4. The molecule has 0 spiro atoms. The summed E-state index contributed by atoms with van der Waals surface area (Å²) in [5.74, 6) is -0.461. The maximum absolute atomic E-state index is 13.0. The summed E-state index contributed by atoms with van der Waals surface area (Å²) in [4.78, 5) is 13.0. The van der Waals surface area contributed by atoms with E-state index in [0.29, 0.717) is 37.4 Å². The summed E-state index contributed by atoms with van der Waals surface area (Å²) in [5, 5.41) is 18.6. The molecule has 0 bridgehead atoms. The first-order valence-electron chi connectivity index (χ1n) is 8.97. The van der Waals surface area contributed by atoms with Gasteiger partial charge < -0.3 is 14.8 Å². The van der Waals surface area contributed by atoms with Crippen molar-refractivity contribution in [1.82, 2.24) is 0 Å². The van der Waals surface area contributed by atoms with Gasteiger partial charge in [-0.25, -0.2) is 0 Å². The summed E-state index contributed by atoms with van der Waals surface area (Å²) in [6.45, 7) is 0. The van der Waals surface area contributed by atoms with Gasteiger partial charge in [-0.15, -0.1) is 5.10 Å². The van der Waals surface area contributed by atoms with Crippen LogP contribution in [-0.4, -0.2) is 11.0 Å². The van der Waals surface area contributed by atoms with Gasteiger partial charge in [-0.05, 0) is 60.7 Å². The van der Waals surface area contributed by atoms with Crippen LogP contribution in [0.25, 0.3) is 11.0 Å². The lowest BCUT2D eigenvalue weighted by Crippen LogP contribution is -2.22. The van der Waals surface area contributed by atoms with Crippen LogP contribution in [0.3, 0.4) is 0 Å². The average molecular weight is 475 g/mol. The first-order valence-corrected chi connectivity index (χ1v) is 10.1. The fourth-order valence-corrected chi connectivity index (χ4v) is 3.35. The number of fused-ring (bicyclic) bond motifs is 1. The van der Waals surface area contributed by atoms with Crippen molar-refractivity contribution >= 4 is 63.1 Å². The van der Waals surface area contributed by atoms with Gasteiger partial charge in [0.1, 0.15) is 16.9 Å². The summed E-state index contributed by atoms with van der Waals surface area (Å²) in [7, 11) is 0. The summed E-state index contributed by atoms with van der Waals surface area (Å²) in [6, 6.07) is 17.8. The first-order chi connectivity index (χ1) is 14.9. The monoisotopic (exact) mass is 473 g/mol. The van der Waals surface area contributed by atoms with Gasteiger partial charge in [0, 0.05) is 21.5 Å². The number of hydrogen-bond acceptors (Lipinski definition) is 5. The Kier molecular flexibility index (Phi) is 6.04. The number of carbonyl (C=O) groups is 1. The van der Waals surface area contributed by atoms with Crippen LogP contribution in [0.5, 0.6) is 5.75 Å². The SMILES string of the molecule is O=C(Nc1ccc(Cl)cc1Cl)c1cc2ccc(O)cc2oc1=NNc1ccc(Cl)cc1. The summed E-state index contributed by atoms with van der Waals surface area (Å²) in [5.41, 5.74) is 4.39. The van der Waals surface area contributed by atoms with E-state index >= 15 is 0 Å². The Hall–Kier alpha value is -3.19. The third-order valence-corrected chi connectivity index (χ3v) is 5.09. The average Bonchev–Trinajstić information content (AvgIpc) is 2.74. The Labute approximate surface area is 191 Å². The van der Waals surface area contributed by atoms with Crippen molar-refractivity contribution in [2.75, 3.05) is 10.7 Å². The number of phenolic OH excluding ortho intramolecular Hbond substituents is 1. The second-order valence-electron chi connectivity index (χ2n) is 6.50. The van der Waals surface area contributed by atoms with Crippen LogP contribution >= 0.6 is 34.8 Å². The predicted octanol–water partition coefficient (Wildman–Crippen LogP) is 6.28. The van der Waals surface area contributed by atoms with Gasteiger partial charge in [-0.1, -0.05) is 34.8 Å². The van der Waals surface area contributed by atoms with Crippen molar-refractivity contribution in [2.45, 2.75) is 0 Å². The van der Waals surface area contributed by atoms with Crippen LogP contribution in [0.2, 0.25) is 15.1 Å². The van der Waals surface area contributed by atoms with Crippen LogP contribution in [0, 0.1) is 0 Å². The van der Waals surface area contributed by atoms with Crippen molar-refractivity contribution in [1.29, 1.82) is 0 Å². The zero-order valence-corrected chi connectivity index (χ0v) is 18.0. The number of amides is 1. The molecule has 31 heavy (non-hydrogen) atoms. The zero-order valence-electron chi connectivity index (χ0n) is 15.7. The Morgan fingerprint density at radius 2 is 1.65 bits per heavy atom. The van der Waals surface area contributed by atoms with Gasteiger partial charge in [-0.2, -0.15) is 0 Å². The second kappa shape index (κ2) is 8.89. The fraction of sp³-hybridized carbons (Fsp3) is 0. The lowest BCUT2D eigenvalue weighted by atomic mass is 10.1. The summed E-state index contributed by atoms with van der Waals surface area (Å²) in [6.07, 6.45) is 0. The van der Waals surface area contributed by atoms with Gasteiger partial charge in [0.25, 0.3) is 5.91 Å². The molecule has 3 N–H and O–H groups in total. The van der Waals surface area contributed by atoms with E-state index < -0.39 is 5.91 Å². The van der Waals surface area contributed by atoms with Crippen LogP contribution in [0.15, 0.2) is 76.2 Å². The number of phenols is 1. The Morgan fingerprint density at radius 1 is 0.903 bits per heavy atom. The lowest BCUT2D eigenvalue weighted by Gasteiger charge is -2.09. The molecule has 4 aromatic rings. The predicted molar refractivity (Wildman–Crippen MR) is 123 cm³/mol. The molecule has 0 radical (unpaired) electrons. The number of benzene rings is 3. The van der Waals surface area contributed by atoms with Crippen molar-refractivity contribution in [2.24, 2.45) is 5.10 Å². The van der Waals surface area contributed by atoms with Crippen LogP contribution in [0.1, 0.15) is 10.4 Å². The van der Waals surface area contributed by atoms with Crippen LogP contribution in [-0.2, 0) is 0 Å². The molecular formula is C22H14Cl3N3O3. The normalized spacial score (nSPS) is 11.5. The Morgan fingerprint density at radius 3 is 2.39 bits per heavy atom. The smallest absolute Gasteiger partial charge is 0.261 e. The van der Waals surface area contributed by atoms with E-state index in [4.69, 9.17) is 39.2 Å². The van der Waals surface area contributed by atoms with E-state index in [-0.39, 0.29) is 16.9 Å². The number of nitrogens with one attached hydrogen (secondary N) is 2. The van der Waals surface area contributed by atoms with Gasteiger partial charge in [0.15, 0.2) is 0 Å².